The zero-order chi connectivity index (χ0) is 14.7. The van der Waals surface area contributed by atoms with Gasteiger partial charge in [0.05, 0.1) is 13.2 Å². The summed E-state index contributed by atoms with van der Waals surface area (Å²) >= 11 is 0. The third-order valence-electron chi connectivity index (χ3n) is 1.69. The zero-order valence-corrected chi connectivity index (χ0v) is 11.4. The average molecular weight is 272 g/mol. The van der Waals surface area contributed by atoms with E-state index in [2.05, 4.69) is 15.4 Å². The lowest BCUT2D eigenvalue weighted by Gasteiger charge is -2.09. The predicted molar refractivity (Wildman–Crippen MR) is 68.4 cm³/mol. The highest BCUT2D eigenvalue weighted by molar-refractivity contribution is 5.91. The Morgan fingerprint density at radius 2 is 1.68 bits per heavy atom. The van der Waals surface area contributed by atoms with Crippen molar-refractivity contribution in [3.8, 4) is 0 Å². The molecule has 0 aliphatic carbocycles. The Kier molecular flexibility index (Phi) is 8.86. The number of rotatable bonds is 7. The van der Waals surface area contributed by atoms with Crippen LogP contribution in [0.25, 0.3) is 0 Å². The molecule has 0 bridgehead atoms. The van der Waals surface area contributed by atoms with Crippen LogP contribution in [0, 0.1) is 0 Å². The number of carbonyl (C=O) groups excluding carboxylic acids is 3. The van der Waals surface area contributed by atoms with Gasteiger partial charge >= 0.3 is 18.0 Å². The van der Waals surface area contributed by atoms with Gasteiger partial charge in [-0.2, -0.15) is 0 Å². The summed E-state index contributed by atoms with van der Waals surface area (Å²) in [6.45, 7) is 5.79. The van der Waals surface area contributed by atoms with Crippen LogP contribution in [0.5, 0.6) is 0 Å². The average Bonchev–Trinajstić information content (AvgIpc) is 2.31. The first-order valence-corrected chi connectivity index (χ1v) is 6.01. The first-order valence-electron chi connectivity index (χ1n) is 6.01. The minimum Gasteiger partial charge on any atom is -0.463 e. The summed E-state index contributed by atoms with van der Waals surface area (Å²) in [5.74, 6) is -1.27. The summed E-state index contributed by atoms with van der Waals surface area (Å²) in [6, 6.07) is -0.289. The van der Waals surface area contributed by atoms with Gasteiger partial charge in [0.25, 0.3) is 0 Å². The maximum Gasteiger partial charge on any atom is 0.331 e. The van der Waals surface area contributed by atoms with Crippen molar-refractivity contribution >= 4 is 18.0 Å². The van der Waals surface area contributed by atoms with Gasteiger partial charge in [0.15, 0.2) is 0 Å². The van der Waals surface area contributed by atoms with Crippen LogP contribution in [0.4, 0.5) is 4.79 Å². The van der Waals surface area contributed by atoms with Crippen LogP contribution in [0.2, 0.25) is 0 Å². The summed E-state index contributed by atoms with van der Waals surface area (Å²) in [6.07, 6.45) is 1.97. The molecular formula is C12H20N2O5. The highest BCUT2D eigenvalue weighted by Crippen LogP contribution is 1.85. The predicted octanol–water partition coefficient (Wildman–Crippen LogP) is 0.357. The van der Waals surface area contributed by atoms with E-state index in [1.165, 1.54) is 0 Å². The molecular weight excluding hydrogens is 252 g/mol. The van der Waals surface area contributed by atoms with E-state index in [9.17, 15) is 14.4 Å². The second-order valence-corrected chi connectivity index (χ2v) is 3.81. The van der Waals surface area contributed by atoms with Gasteiger partial charge in [-0.25, -0.2) is 14.4 Å². The van der Waals surface area contributed by atoms with Crippen LogP contribution in [0.3, 0.4) is 0 Å². The minimum atomic E-state index is -0.667. The van der Waals surface area contributed by atoms with Gasteiger partial charge < -0.3 is 20.1 Å². The SMILES string of the molecule is CCOC(=O)/C=C/C(=O)OCCNC(=O)NC(C)C. The van der Waals surface area contributed by atoms with Gasteiger partial charge in [-0.1, -0.05) is 0 Å². The van der Waals surface area contributed by atoms with E-state index >= 15 is 0 Å². The summed E-state index contributed by atoms with van der Waals surface area (Å²) in [7, 11) is 0. The second-order valence-electron chi connectivity index (χ2n) is 3.81. The Balaban J connectivity index is 3.69. The van der Waals surface area contributed by atoms with Crippen LogP contribution in [0.15, 0.2) is 12.2 Å². The molecule has 0 radical (unpaired) electrons. The molecule has 0 fully saturated rings. The molecule has 0 aliphatic heterocycles. The minimum absolute atomic E-state index is 0.0253. The van der Waals surface area contributed by atoms with Crippen molar-refractivity contribution in [2.45, 2.75) is 26.8 Å². The van der Waals surface area contributed by atoms with Crippen LogP contribution >= 0.6 is 0 Å². The van der Waals surface area contributed by atoms with Gasteiger partial charge in [0.1, 0.15) is 6.61 Å². The van der Waals surface area contributed by atoms with Crippen molar-refractivity contribution in [2.24, 2.45) is 0 Å². The molecule has 7 heteroatoms. The molecule has 19 heavy (non-hydrogen) atoms. The second kappa shape index (κ2) is 9.93. The number of nitrogens with one attached hydrogen (secondary N) is 2. The number of carbonyl (C=O) groups is 3. The van der Waals surface area contributed by atoms with Crippen LogP contribution < -0.4 is 10.6 Å². The zero-order valence-electron chi connectivity index (χ0n) is 11.4. The Morgan fingerprint density at radius 1 is 1.11 bits per heavy atom. The lowest BCUT2D eigenvalue weighted by atomic mass is 10.4. The van der Waals surface area contributed by atoms with Gasteiger partial charge in [-0.3, -0.25) is 0 Å². The van der Waals surface area contributed by atoms with Gasteiger partial charge in [0.2, 0.25) is 0 Å². The highest BCUT2D eigenvalue weighted by Gasteiger charge is 2.03. The first-order chi connectivity index (χ1) is 8.95. The van der Waals surface area contributed by atoms with Gasteiger partial charge in [0, 0.05) is 18.2 Å². The van der Waals surface area contributed by atoms with Crippen molar-refractivity contribution in [2.75, 3.05) is 19.8 Å². The fraction of sp³-hybridized carbons (Fsp3) is 0.583. The molecule has 2 N–H and O–H groups in total. The molecule has 0 atom stereocenters. The monoisotopic (exact) mass is 272 g/mol. The molecule has 0 unspecified atom stereocenters. The quantitative estimate of drug-likeness (QED) is 0.396. The van der Waals surface area contributed by atoms with E-state index in [1.54, 1.807) is 6.92 Å². The van der Waals surface area contributed by atoms with E-state index < -0.39 is 11.9 Å². The van der Waals surface area contributed by atoms with E-state index in [-0.39, 0.29) is 31.8 Å². The molecule has 2 amide bonds. The standard InChI is InChI=1S/C12H20N2O5/c1-4-18-10(15)5-6-11(16)19-8-7-13-12(17)14-9(2)3/h5-6,9H,4,7-8H2,1-3H3,(H2,13,14,17)/b6-5+. The molecule has 0 rings (SSSR count). The molecule has 0 aromatic rings. The summed E-state index contributed by atoms with van der Waals surface area (Å²) in [4.78, 5) is 33.2. The smallest absolute Gasteiger partial charge is 0.331 e. The van der Waals surface area contributed by atoms with Crippen molar-refractivity contribution in [1.29, 1.82) is 0 Å². The number of ether oxygens (including phenoxy) is 2. The van der Waals surface area contributed by atoms with Crippen molar-refractivity contribution < 1.29 is 23.9 Å². The third kappa shape index (κ3) is 10.8. The lowest BCUT2D eigenvalue weighted by molar-refractivity contribution is -0.140. The summed E-state index contributed by atoms with van der Waals surface area (Å²) in [5, 5.41) is 5.13. The summed E-state index contributed by atoms with van der Waals surface area (Å²) in [5.41, 5.74) is 0. The van der Waals surface area contributed by atoms with Crippen molar-refractivity contribution in [1.82, 2.24) is 10.6 Å². The summed E-state index contributed by atoms with van der Waals surface area (Å²) < 4.78 is 9.34. The Labute approximate surface area is 112 Å². The van der Waals surface area contributed by atoms with Crippen LogP contribution in [-0.4, -0.2) is 43.8 Å². The van der Waals surface area contributed by atoms with Crippen molar-refractivity contribution in [3.63, 3.8) is 0 Å². The molecule has 0 heterocycles. The molecule has 0 saturated heterocycles. The Hall–Kier alpha value is -2.05. The first kappa shape index (κ1) is 16.9. The number of urea groups is 1. The van der Waals surface area contributed by atoms with Crippen LogP contribution in [-0.2, 0) is 19.1 Å². The molecule has 0 aromatic heterocycles. The van der Waals surface area contributed by atoms with E-state index in [4.69, 9.17) is 4.74 Å². The number of hydrogen-bond acceptors (Lipinski definition) is 5. The fourth-order valence-corrected chi connectivity index (χ4v) is 1.00. The molecule has 0 saturated carbocycles. The molecule has 108 valence electrons. The Bertz CT molecular complexity index is 339. The van der Waals surface area contributed by atoms with E-state index in [0.717, 1.165) is 12.2 Å². The Morgan fingerprint density at radius 3 is 2.21 bits per heavy atom. The molecule has 0 spiro atoms. The molecule has 0 aliphatic rings. The van der Waals surface area contributed by atoms with Gasteiger partial charge in [-0.15, -0.1) is 0 Å². The topological polar surface area (TPSA) is 93.7 Å². The largest absolute Gasteiger partial charge is 0.463 e. The maximum absolute atomic E-state index is 11.1. The normalized spacial score (nSPS) is 10.3. The maximum atomic E-state index is 11.1. The number of esters is 2. The fourth-order valence-electron chi connectivity index (χ4n) is 1.00. The molecule has 7 nitrogen and oxygen atoms in total. The molecule has 0 aromatic carbocycles. The number of amides is 2. The van der Waals surface area contributed by atoms with E-state index in [0.29, 0.717) is 0 Å². The highest BCUT2D eigenvalue weighted by atomic mass is 16.5. The van der Waals surface area contributed by atoms with Crippen molar-refractivity contribution in [3.05, 3.63) is 12.2 Å². The third-order valence-corrected chi connectivity index (χ3v) is 1.69. The number of hydrogen-bond donors (Lipinski definition) is 2. The van der Waals surface area contributed by atoms with Crippen LogP contribution in [0.1, 0.15) is 20.8 Å². The van der Waals surface area contributed by atoms with Gasteiger partial charge in [-0.05, 0) is 20.8 Å². The van der Waals surface area contributed by atoms with E-state index in [1.807, 2.05) is 13.8 Å². The lowest BCUT2D eigenvalue weighted by Crippen LogP contribution is -2.40.